The summed E-state index contributed by atoms with van der Waals surface area (Å²) >= 11 is 0. The largest absolute Gasteiger partial charge is 0.465 e. The summed E-state index contributed by atoms with van der Waals surface area (Å²) in [7, 11) is -4.05. The smallest absolute Gasteiger partial charge is 0.321 e. The van der Waals surface area contributed by atoms with Crippen molar-refractivity contribution >= 4 is 16.0 Å². The Balaban J connectivity index is 3.15. The van der Waals surface area contributed by atoms with Crippen LogP contribution >= 0.6 is 0 Å². The van der Waals surface area contributed by atoms with Gasteiger partial charge in [-0.25, -0.2) is 8.42 Å². The van der Waals surface area contributed by atoms with Gasteiger partial charge in [-0.15, -0.1) is 0 Å². The second-order valence-electron chi connectivity index (χ2n) is 4.87. The number of carbonyl (C=O) groups excluding carboxylic acids is 1. The molecule has 0 aliphatic rings. The second kappa shape index (κ2) is 7.37. The zero-order chi connectivity index (χ0) is 16.0. The van der Waals surface area contributed by atoms with Gasteiger partial charge in [0.15, 0.2) is 0 Å². The summed E-state index contributed by atoms with van der Waals surface area (Å²) < 4.78 is 30.8. The van der Waals surface area contributed by atoms with E-state index in [9.17, 15) is 18.0 Å². The van der Waals surface area contributed by atoms with Gasteiger partial charge in [0.2, 0.25) is 15.5 Å². The number of esters is 1. The first kappa shape index (κ1) is 17.4. The number of carbonyl (C=O) groups is 1. The van der Waals surface area contributed by atoms with Crippen molar-refractivity contribution in [1.29, 1.82) is 0 Å². The molecule has 0 spiro atoms. The number of H-pyrrole nitrogens is 1. The van der Waals surface area contributed by atoms with Crippen LogP contribution < -0.4 is 5.43 Å². The maximum absolute atomic E-state index is 12.5. The normalized spacial score (nSPS) is 11.9. The molecule has 1 rings (SSSR count). The molecule has 0 fully saturated rings. The predicted octanol–water partition coefficient (Wildman–Crippen LogP) is 0.585. The standard InChI is InChI=1S/C13H20N2O5S/c1-4-20-13(17)9-15(8-10(2)3)21(18,19)12-7-14-6-5-11(12)16/h5-7,10H,4,8-9H2,1-3H3,(H,14,16). The van der Waals surface area contributed by atoms with Crippen LogP contribution in [0.5, 0.6) is 0 Å². The van der Waals surface area contributed by atoms with Gasteiger partial charge < -0.3 is 9.72 Å². The van der Waals surface area contributed by atoms with Crippen LogP contribution in [0.15, 0.2) is 28.2 Å². The lowest BCUT2D eigenvalue weighted by molar-refractivity contribution is -0.143. The average Bonchev–Trinajstić information content (AvgIpc) is 2.38. The number of ether oxygens (including phenoxy) is 1. The fourth-order valence-corrected chi connectivity index (χ4v) is 3.33. The molecule has 0 amide bonds. The molecule has 0 radical (unpaired) electrons. The van der Waals surface area contributed by atoms with Crippen LogP contribution in [0, 0.1) is 5.92 Å². The number of nitrogens with zero attached hydrogens (tertiary/aromatic N) is 1. The Bertz CT molecular complexity index is 636. The number of nitrogens with one attached hydrogen (secondary N) is 1. The Morgan fingerprint density at radius 2 is 2.10 bits per heavy atom. The lowest BCUT2D eigenvalue weighted by atomic mass is 10.2. The van der Waals surface area contributed by atoms with Crippen LogP contribution in [-0.4, -0.2) is 43.4 Å². The Kier molecular flexibility index (Phi) is 6.10. The van der Waals surface area contributed by atoms with Crippen molar-refractivity contribution in [3.63, 3.8) is 0 Å². The van der Waals surface area contributed by atoms with E-state index in [0.717, 1.165) is 16.6 Å². The summed E-state index contributed by atoms with van der Waals surface area (Å²) in [5.74, 6) is -0.647. The minimum absolute atomic E-state index is 0.00278. The first-order valence-corrected chi connectivity index (χ1v) is 8.06. The van der Waals surface area contributed by atoms with Crippen molar-refractivity contribution in [2.45, 2.75) is 25.7 Å². The summed E-state index contributed by atoms with van der Waals surface area (Å²) in [6, 6.07) is 1.13. The number of aromatic amines is 1. The van der Waals surface area contributed by atoms with Crippen molar-refractivity contribution in [3.8, 4) is 0 Å². The van der Waals surface area contributed by atoms with Gasteiger partial charge in [0, 0.05) is 25.0 Å². The zero-order valence-electron chi connectivity index (χ0n) is 12.3. The van der Waals surface area contributed by atoms with E-state index < -0.39 is 28.0 Å². The highest BCUT2D eigenvalue weighted by atomic mass is 32.2. The van der Waals surface area contributed by atoms with E-state index >= 15 is 0 Å². The Hall–Kier alpha value is -1.67. The molecule has 7 nitrogen and oxygen atoms in total. The van der Waals surface area contributed by atoms with Crippen molar-refractivity contribution in [2.24, 2.45) is 5.92 Å². The number of aromatic nitrogens is 1. The van der Waals surface area contributed by atoms with Crippen LogP contribution in [0.4, 0.5) is 0 Å². The van der Waals surface area contributed by atoms with Crippen LogP contribution in [-0.2, 0) is 19.6 Å². The molecule has 0 saturated heterocycles. The van der Waals surface area contributed by atoms with Crippen molar-refractivity contribution in [3.05, 3.63) is 28.7 Å². The second-order valence-corrected chi connectivity index (χ2v) is 6.78. The summed E-state index contributed by atoms with van der Waals surface area (Å²) in [4.78, 5) is 25.5. The topological polar surface area (TPSA) is 96.5 Å². The molecule has 0 unspecified atom stereocenters. The number of pyridine rings is 1. The van der Waals surface area contributed by atoms with Gasteiger partial charge >= 0.3 is 5.97 Å². The van der Waals surface area contributed by atoms with Crippen LogP contribution in [0.25, 0.3) is 0 Å². The van der Waals surface area contributed by atoms with Crippen molar-refractivity contribution in [1.82, 2.24) is 9.29 Å². The lowest BCUT2D eigenvalue weighted by Gasteiger charge is -2.22. The van der Waals surface area contributed by atoms with E-state index in [1.54, 1.807) is 6.92 Å². The Morgan fingerprint density at radius 1 is 1.43 bits per heavy atom. The minimum atomic E-state index is -4.05. The van der Waals surface area contributed by atoms with Crippen molar-refractivity contribution < 1.29 is 17.9 Å². The molecule has 118 valence electrons. The summed E-state index contributed by atoms with van der Waals surface area (Å²) in [5.41, 5.74) is -0.619. The Labute approximate surface area is 124 Å². The molecule has 1 N–H and O–H groups in total. The summed E-state index contributed by atoms with van der Waals surface area (Å²) in [5, 5.41) is 0. The molecule has 1 aromatic heterocycles. The third-order valence-corrected chi connectivity index (χ3v) is 4.42. The highest BCUT2D eigenvalue weighted by molar-refractivity contribution is 7.89. The Morgan fingerprint density at radius 3 is 2.62 bits per heavy atom. The van der Waals surface area contributed by atoms with E-state index in [-0.39, 0.29) is 24.0 Å². The van der Waals surface area contributed by atoms with Crippen LogP contribution in [0.1, 0.15) is 20.8 Å². The maximum atomic E-state index is 12.5. The van der Waals surface area contributed by atoms with E-state index in [1.807, 2.05) is 13.8 Å². The average molecular weight is 316 g/mol. The van der Waals surface area contributed by atoms with Gasteiger partial charge in [-0.3, -0.25) is 9.59 Å². The minimum Gasteiger partial charge on any atom is -0.465 e. The molecule has 0 aromatic carbocycles. The molecule has 0 bridgehead atoms. The SMILES string of the molecule is CCOC(=O)CN(CC(C)C)S(=O)(=O)c1c[nH]ccc1=O. The van der Waals surface area contributed by atoms with Crippen molar-refractivity contribution in [2.75, 3.05) is 19.7 Å². The molecule has 0 saturated carbocycles. The van der Waals surface area contributed by atoms with Gasteiger partial charge in [-0.2, -0.15) is 4.31 Å². The van der Waals surface area contributed by atoms with Gasteiger partial charge in [-0.05, 0) is 12.8 Å². The number of sulfonamides is 1. The quantitative estimate of drug-likeness (QED) is 0.742. The first-order chi connectivity index (χ1) is 9.78. The number of rotatable bonds is 7. The van der Waals surface area contributed by atoms with Crippen LogP contribution in [0.2, 0.25) is 0 Å². The van der Waals surface area contributed by atoms with E-state index in [1.165, 1.54) is 6.20 Å². The molecule has 0 atom stereocenters. The number of hydrogen-bond donors (Lipinski definition) is 1. The van der Waals surface area contributed by atoms with E-state index in [0.29, 0.717) is 0 Å². The molecular formula is C13H20N2O5S. The number of hydrogen-bond acceptors (Lipinski definition) is 5. The van der Waals surface area contributed by atoms with Gasteiger partial charge in [-0.1, -0.05) is 13.8 Å². The van der Waals surface area contributed by atoms with Gasteiger partial charge in [0.05, 0.1) is 6.61 Å². The zero-order valence-corrected chi connectivity index (χ0v) is 13.1. The van der Waals surface area contributed by atoms with E-state index in [2.05, 4.69) is 4.98 Å². The summed E-state index contributed by atoms with van der Waals surface area (Å²) in [6.45, 7) is 5.16. The third kappa shape index (κ3) is 4.68. The van der Waals surface area contributed by atoms with E-state index in [4.69, 9.17) is 4.74 Å². The molecule has 0 aliphatic heterocycles. The molecule has 8 heteroatoms. The molecule has 1 aromatic rings. The molecule has 21 heavy (non-hydrogen) atoms. The lowest BCUT2D eigenvalue weighted by Crippen LogP contribution is -2.40. The van der Waals surface area contributed by atoms with Gasteiger partial charge in [0.1, 0.15) is 11.4 Å². The third-order valence-electron chi connectivity index (χ3n) is 2.59. The highest BCUT2D eigenvalue weighted by Gasteiger charge is 2.29. The predicted molar refractivity (Wildman–Crippen MR) is 77.3 cm³/mol. The molecule has 0 aliphatic carbocycles. The molecular weight excluding hydrogens is 296 g/mol. The fourth-order valence-electron chi connectivity index (χ4n) is 1.75. The first-order valence-electron chi connectivity index (χ1n) is 6.62. The van der Waals surface area contributed by atoms with Crippen LogP contribution in [0.3, 0.4) is 0 Å². The fraction of sp³-hybridized carbons (Fsp3) is 0.538. The monoisotopic (exact) mass is 316 g/mol. The molecule has 1 heterocycles. The van der Waals surface area contributed by atoms with Gasteiger partial charge in [0.25, 0.3) is 0 Å². The summed E-state index contributed by atoms with van der Waals surface area (Å²) in [6.07, 6.45) is 2.47. The maximum Gasteiger partial charge on any atom is 0.321 e. The highest BCUT2D eigenvalue weighted by Crippen LogP contribution is 2.13.